The molecule has 0 radical (unpaired) electrons. The normalized spacial score (nSPS) is 18.0. The Labute approximate surface area is 112 Å². The third-order valence-electron chi connectivity index (χ3n) is 3.77. The molecule has 2 aromatic rings. The lowest BCUT2D eigenvalue weighted by Crippen LogP contribution is -2.39. The fraction of sp³-hybridized carbons (Fsp3) is 0.400. The van der Waals surface area contributed by atoms with Crippen molar-refractivity contribution in [3.8, 4) is 0 Å². The molecule has 1 saturated heterocycles. The largest absolute Gasteiger partial charge is 0.328 e. The third kappa shape index (κ3) is 2.74. The SMILES string of the molecule is NC1CCN(Cc2cc(F)cc3cccnc23)CC1. The van der Waals surface area contributed by atoms with E-state index in [-0.39, 0.29) is 5.82 Å². The van der Waals surface area contributed by atoms with Crippen LogP contribution < -0.4 is 5.73 Å². The van der Waals surface area contributed by atoms with E-state index < -0.39 is 0 Å². The molecule has 1 aromatic carbocycles. The minimum absolute atomic E-state index is 0.191. The smallest absolute Gasteiger partial charge is 0.124 e. The van der Waals surface area contributed by atoms with Crippen molar-refractivity contribution in [2.24, 2.45) is 5.73 Å². The van der Waals surface area contributed by atoms with Gasteiger partial charge in [-0.1, -0.05) is 6.07 Å². The van der Waals surface area contributed by atoms with E-state index in [0.29, 0.717) is 6.04 Å². The standard InChI is InChI=1S/C15H18FN3/c16-13-8-11-2-1-5-18-15(11)12(9-13)10-19-6-3-14(17)4-7-19/h1-2,5,8-9,14H,3-4,6-7,10,17H2. The van der Waals surface area contributed by atoms with Crippen LogP contribution in [0.2, 0.25) is 0 Å². The molecule has 0 amide bonds. The molecule has 0 spiro atoms. The Morgan fingerprint density at radius 2 is 2.11 bits per heavy atom. The molecule has 4 heteroatoms. The zero-order chi connectivity index (χ0) is 13.2. The number of halogens is 1. The lowest BCUT2D eigenvalue weighted by molar-refractivity contribution is 0.206. The van der Waals surface area contributed by atoms with E-state index in [0.717, 1.165) is 48.9 Å². The van der Waals surface area contributed by atoms with Crippen molar-refractivity contribution in [3.05, 3.63) is 41.8 Å². The molecule has 2 heterocycles. The zero-order valence-electron chi connectivity index (χ0n) is 10.8. The first kappa shape index (κ1) is 12.5. The zero-order valence-corrected chi connectivity index (χ0v) is 10.8. The maximum atomic E-state index is 13.6. The topological polar surface area (TPSA) is 42.1 Å². The molecule has 1 aliphatic rings. The van der Waals surface area contributed by atoms with Crippen molar-refractivity contribution in [3.63, 3.8) is 0 Å². The number of hydrogen-bond donors (Lipinski definition) is 1. The van der Waals surface area contributed by atoms with E-state index in [1.807, 2.05) is 12.1 Å². The number of aromatic nitrogens is 1. The van der Waals surface area contributed by atoms with Crippen molar-refractivity contribution in [1.82, 2.24) is 9.88 Å². The van der Waals surface area contributed by atoms with Gasteiger partial charge in [-0.05, 0) is 49.7 Å². The highest BCUT2D eigenvalue weighted by atomic mass is 19.1. The fourth-order valence-corrected chi connectivity index (χ4v) is 2.70. The molecule has 1 aliphatic heterocycles. The summed E-state index contributed by atoms with van der Waals surface area (Å²) >= 11 is 0. The minimum atomic E-state index is -0.191. The second-order valence-electron chi connectivity index (χ2n) is 5.25. The molecule has 3 nitrogen and oxygen atoms in total. The van der Waals surface area contributed by atoms with Crippen LogP contribution in [-0.2, 0) is 6.54 Å². The summed E-state index contributed by atoms with van der Waals surface area (Å²) in [5, 5.41) is 0.867. The van der Waals surface area contributed by atoms with Gasteiger partial charge in [0.15, 0.2) is 0 Å². The second kappa shape index (κ2) is 5.23. The van der Waals surface area contributed by atoms with Crippen LogP contribution in [0.5, 0.6) is 0 Å². The Morgan fingerprint density at radius 1 is 1.32 bits per heavy atom. The monoisotopic (exact) mass is 259 g/mol. The molecule has 0 unspecified atom stereocenters. The van der Waals surface area contributed by atoms with Crippen molar-refractivity contribution in [2.75, 3.05) is 13.1 Å². The number of fused-ring (bicyclic) bond motifs is 1. The lowest BCUT2D eigenvalue weighted by Gasteiger charge is -2.30. The number of hydrogen-bond acceptors (Lipinski definition) is 3. The quantitative estimate of drug-likeness (QED) is 0.899. The van der Waals surface area contributed by atoms with Crippen LogP contribution in [0.25, 0.3) is 10.9 Å². The van der Waals surface area contributed by atoms with Crippen molar-refractivity contribution in [2.45, 2.75) is 25.4 Å². The third-order valence-corrected chi connectivity index (χ3v) is 3.77. The molecule has 19 heavy (non-hydrogen) atoms. The number of likely N-dealkylation sites (tertiary alicyclic amines) is 1. The molecule has 0 saturated carbocycles. The maximum absolute atomic E-state index is 13.6. The van der Waals surface area contributed by atoms with E-state index in [9.17, 15) is 4.39 Å². The second-order valence-corrected chi connectivity index (χ2v) is 5.25. The van der Waals surface area contributed by atoms with Crippen LogP contribution in [0.4, 0.5) is 4.39 Å². The Morgan fingerprint density at radius 3 is 2.89 bits per heavy atom. The Hall–Kier alpha value is -1.52. The van der Waals surface area contributed by atoms with Crippen LogP contribution in [0.1, 0.15) is 18.4 Å². The van der Waals surface area contributed by atoms with Crippen LogP contribution in [-0.4, -0.2) is 29.0 Å². The van der Waals surface area contributed by atoms with Gasteiger partial charge in [-0.2, -0.15) is 0 Å². The predicted molar refractivity (Wildman–Crippen MR) is 74.2 cm³/mol. The molecule has 1 aromatic heterocycles. The minimum Gasteiger partial charge on any atom is -0.328 e. The Bertz CT molecular complexity index is 577. The van der Waals surface area contributed by atoms with Gasteiger partial charge in [0.2, 0.25) is 0 Å². The van der Waals surface area contributed by atoms with E-state index in [2.05, 4.69) is 9.88 Å². The molecule has 0 atom stereocenters. The summed E-state index contributed by atoms with van der Waals surface area (Å²) in [6.07, 6.45) is 3.79. The number of pyridine rings is 1. The maximum Gasteiger partial charge on any atom is 0.124 e. The highest BCUT2D eigenvalue weighted by Crippen LogP contribution is 2.21. The average Bonchev–Trinajstić information content (AvgIpc) is 2.41. The number of nitrogens with two attached hydrogens (primary N) is 1. The lowest BCUT2D eigenvalue weighted by atomic mass is 10.0. The van der Waals surface area contributed by atoms with Gasteiger partial charge >= 0.3 is 0 Å². The van der Waals surface area contributed by atoms with Gasteiger partial charge < -0.3 is 5.73 Å². The van der Waals surface area contributed by atoms with Crippen LogP contribution in [0.15, 0.2) is 30.5 Å². The molecule has 100 valence electrons. The summed E-state index contributed by atoms with van der Waals surface area (Å²) in [4.78, 5) is 6.71. The van der Waals surface area contributed by atoms with Crippen LogP contribution in [0, 0.1) is 5.82 Å². The predicted octanol–water partition coefficient (Wildman–Crippen LogP) is 2.30. The molecule has 0 aliphatic carbocycles. The van der Waals surface area contributed by atoms with Crippen molar-refractivity contribution in [1.29, 1.82) is 0 Å². The molecule has 3 rings (SSSR count). The van der Waals surface area contributed by atoms with Gasteiger partial charge in [0.1, 0.15) is 5.82 Å². The number of piperidine rings is 1. The first-order valence-electron chi connectivity index (χ1n) is 6.73. The van der Waals surface area contributed by atoms with E-state index in [1.165, 1.54) is 6.07 Å². The summed E-state index contributed by atoms with van der Waals surface area (Å²) in [6.45, 7) is 2.70. The summed E-state index contributed by atoms with van der Waals surface area (Å²) in [6, 6.07) is 7.20. The average molecular weight is 259 g/mol. The number of nitrogens with zero attached hydrogens (tertiary/aromatic N) is 2. The Kier molecular flexibility index (Phi) is 3.44. The number of rotatable bonds is 2. The van der Waals surface area contributed by atoms with Gasteiger partial charge in [-0.3, -0.25) is 9.88 Å². The van der Waals surface area contributed by atoms with Gasteiger partial charge in [-0.25, -0.2) is 4.39 Å². The molecule has 1 fully saturated rings. The van der Waals surface area contributed by atoms with Gasteiger partial charge in [0.05, 0.1) is 5.52 Å². The number of benzene rings is 1. The summed E-state index contributed by atoms with van der Waals surface area (Å²) in [7, 11) is 0. The van der Waals surface area contributed by atoms with Crippen molar-refractivity contribution < 1.29 is 4.39 Å². The summed E-state index contributed by atoms with van der Waals surface area (Å²) < 4.78 is 13.6. The Balaban J connectivity index is 1.88. The molecule has 0 bridgehead atoms. The van der Waals surface area contributed by atoms with Crippen LogP contribution >= 0.6 is 0 Å². The van der Waals surface area contributed by atoms with Crippen LogP contribution in [0.3, 0.4) is 0 Å². The highest BCUT2D eigenvalue weighted by Gasteiger charge is 2.17. The van der Waals surface area contributed by atoms with E-state index in [1.54, 1.807) is 12.3 Å². The summed E-state index contributed by atoms with van der Waals surface area (Å²) in [5.41, 5.74) is 7.77. The fourth-order valence-electron chi connectivity index (χ4n) is 2.70. The molecular weight excluding hydrogens is 241 g/mol. The first-order chi connectivity index (χ1) is 9.22. The van der Waals surface area contributed by atoms with Crippen molar-refractivity contribution >= 4 is 10.9 Å². The van der Waals surface area contributed by atoms with Gasteiger partial charge in [0.25, 0.3) is 0 Å². The van der Waals surface area contributed by atoms with E-state index >= 15 is 0 Å². The molecule has 2 N–H and O–H groups in total. The molecular formula is C15H18FN3. The van der Waals surface area contributed by atoms with Gasteiger partial charge in [0, 0.05) is 24.2 Å². The highest BCUT2D eigenvalue weighted by molar-refractivity contribution is 5.81. The summed E-state index contributed by atoms with van der Waals surface area (Å²) in [5.74, 6) is -0.191. The van der Waals surface area contributed by atoms with E-state index in [4.69, 9.17) is 5.73 Å². The first-order valence-corrected chi connectivity index (χ1v) is 6.73. The van der Waals surface area contributed by atoms with Gasteiger partial charge in [-0.15, -0.1) is 0 Å².